The average molecular weight is 265 g/mol. The minimum atomic E-state index is -0.558. The van der Waals surface area contributed by atoms with Gasteiger partial charge in [0.25, 0.3) is 5.69 Å². The molecule has 19 heavy (non-hydrogen) atoms. The molecule has 1 aromatic carbocycles. The molecule has 0 aromatic heterocycles. The van der Waals surface area contributed by atoms with Gasteiger partial charge >= 0.3 is 0 Å². The molecule has 1 atom stereocenters. The van der Waals surface area contributed by atoms with Gasteiger partial charge in [-0.2, -0.15) is 0 Å². The number of ether oxygens (including phenoxy) is 1. The second kappa shape index (κ2) is 5.23. The van der Waals surface area contributed by atoms with Gasteiger partial charge in [-0.25, -0.2) is 0 Å². The zero-order valence-corrected chi connectivity index (χ0v) is 10.5. The maximum Gasteiger partial charge on any atom is 0.271 e. The molecule has 1 aliphatic heterocycles. The number of piperidine rings is 1. The summed E-state index contributed by atoms with van der Waals surface area (Å²) in [5.74, 6) is 0.193. The van der Waals surface area contributed by atoms with E-state index >= 15 is 0 Å². The van der Waals surface area contributed by atoms with E-state index in [2.05, 4.69) is 0 Å². The topological polar surface area (TPSA) is 98.7 Å². The Bertz CT molecular complexity index is 518. The fourth-order valence-electron chi connectivity index (χ4n) is 2.15. The number of carbonyl (C=O) groups is 1. The van der Waals surface area contributed by atoms with Crippen molar-refractivity contribution in [1.82, 2.24) is 0 Å². The Kier molecular flexibility index (Phi) is 3.66. The summed E-state index contributed by atoms with van der Waals surface area (Å²) in [7, 11) is 1.46. The van der Waals surface area contributed by atoms with Crippen molar-refractivity contribution in [3.05, 3.63) is 28.3 Å². The zero-order valence-electron chi connectivity index (χ0n) is 10.5. The third-order valence-electron chi connectivity index (χ3n) is 3.14. The monoisotopic (exact) mass is 265 g/mol. The van der Waals surface area contributed by atoms with Crippen LogP contribution in [0.5, 0.6) is 5.75 Å². The predicted octanol–water partition coefficient (Wildman–Crippen LogP) is 1.06. The number of hydrogen-bond acceptors (Lipinski definition) is 5. The molecule has 7 heteroatoms. The van der Waals surface area contributed by atoms with Gasteiger partial charge in [-0.05, 0) is 18.9 Å². The van der Waals surface area contributed by atoms with Gasteiger partial charge in [0.15, 0.2) is 0 Å². The highest BCUT2D eigenvalue weighted by atomic mass is 16.6. The minimum Gasteiger partial charge on any atom is -0.495 e. The molecule has 1 saturated heterocycles. The largest absolute Gasteiger partial charge is 0.495 e. The number of hydrogen-bond donors (Lipinski definition) is 1. The Hall–Kier alpha value is -2.15. The number of amides is 1. The predicted molar refractivity (Wildman–Crippen MR) is 69.2 cm³/mol. The Morgan fingerprint density at radius 2 is 2.26 bits per heavy atom. The van der Waals surface area contributed by atoms with Gasteiger partial charge < -0.3 is 15.4 Å². The standard InChI is InChI=1S/C12H15N3O4/c1-19-11-5-4-8(15(17)18)7-10(11)14-6-2-3-9(13)12(14)16/h4-5,7,9H,2-3,6,13H2,1H3. The Morgan fingerprint density at radius 1 is 1.53 bits per heavy atom. The van der Waals surface area contributed by atoms with Gasteiger partial charge in [0, 0.05) is 18.7 Å². The number of rotatable bonds is 3. The van der Waals surface area contributed by atoms with E-state index in [4.69, 9.17) is 10.5 Å². The first-order valence-corrected chi connectivity index (χ1v) is 5.94. The smallest absolute Gasteiger partial charge is 0.271 e. The Morgan fingerprint density at radius 3 is 2.89 bits per heavy atom. The summed E-state index contributed by atoms with van der Waals surface area (Å²) in [6, 6.07) is 3.62. The lowest BCUT2D eigenvalue weighted by molar-refractivity contribution is -0.384. The van der Waals surface area contributed by atoms with E-state index in [0.717, 1.165) is 6.42 Å². The van der Waals surface area contributed by atoms with Crippen LogP contribution >= 0.6 is 0 Å². The van der Waals surface area contributed by atoms with E-state index < -0.39 is 11.0 Å². The molecule has 1 aliphatic rings. The molecule has 0 radical (unpaired) electrons. The lowest BCUT2D eigenvalue weighted by Crippen LogP contribution is -2.48. The number of benzene rings is 1. The van der Waals surface area contributed by atoms with E-state index in [9.17, 15) is 14.9 Å². The molecule has 1 heterocycles. The molecule has 0 spiro atoms. The second-order valence-corrected chi connectivity index (χ2v) is 4.35. The van der Waals surface area contributed by atoms with Gasteiger partial charge in [-0.1, -0.05) is 0 Å². The van der Waals surface area contributed by atoms with Crippen molar-refractivity contribution in [1.29, 1.82) is 0 Å². The molecule has 1 aromatic rings. The number of anilines is 1. The Labute approximate surface area is 110 Å². The molecule has 1 fully saturated rings. The van der Waals surface area contributed by atoms with E-state index in [1.165, 1.54) is 30.2 Å². The van der Waals surface area contributed by atoms with Crippen molar-refractivity contribution >= 4 is 17.3 Å². The van der Waals surface area contributed by atoms with E-state index in [0.29, 0.717) is 24.4 Å². The summed E-state index contributed by atoms with van der Waals surface area (Å²) in [5, 5.41) is 10.8. The van der Waals surface area contributed by atoms with Gasteiger partial charge in [-0.15, -0.1) is 0 Å². The first-order chi connectivity index (χ1) is 9.04. The van der Waals surface area contributed by atoms with Crippen LogP contribution < -0.4 is 15.4 Å². The van der Waals surface area contributed by atoms with Crippen molar-refractivity contribution in [2.75, 3.05) is 18.6 Å². The van der Waals surface area contributed by atoms with E-state index in [1.807, 2.05) is 0 Å². The number of nitrogens with two attached hydrogens (primary N) is 1. The normalized spacial score (nSPS) is 19.4. The molecule has 2 rings (SSSR count). The number of non-ortho nitro benzene ring substituents is 1. The van der Waals surface area contributed by atoms with Crippen LogP contribution in [0.15, 0.2) is 18.2 Å². The van der Waals surface area contributed by atoms with Crippen LogP contribution in [0.3, 0.4) is 0 Å². The SMILES string of the molecule is COc1ccc([N+](=O)[O-])cc1N1CCCC(N)C1=O. The summed E-state index contributed by atoms with van der Waals surface area (Å²) < 4.78 is 5.16. The van der Waals surface area contributed by atoms with Gasteiger partial charge in [-0.3, -0.25) is 14.9 Å². The molecule has 2 N–H and O–H groups in total. The molecular weight excluding hydrogens is 250 g/mol. The Balaban J connectivity index is 2.43. The van der Waals surface area contributed by atoms with Crippen LogP contribution in [-0.2, 0) is 4.79 Å². The summed E-state index contributed by atoms with van der Waals surface area (Å²) in [6.45, 7) is 0.490. The third kappa shape index (κ3) is 2.50. The van der Waals surface area contributed by atoms with Gasteiger partial charge in [0.05, 0.1) is 23.8 Å². The fraction of sp³-hybridized carbons (Fsp3) is 0.417. The van der Waals surface area contributed by atoms with Crippen LogP contribution in [0, 0.1) is 10.1 Å². The lowest BCUT2D eigenvalue weighted by Gasteiger charge is -2.31. The van der Waals surface area contributed by atoms with Crippen molar-refractivity contribution in [3.8, 4) is 5.75 Å². The van der Waals surface area contributed by atoms with Crippen LogP contribution in [0.1, 0.15) is 12.8 Å². The molecule has 0 saturated carbocycles. The molecule has 1 unspecified atom stereocenters. The number of nitro benzene ring substituents is 1. The first kappa shape index (κ1) is 13.3. The molecule has 7 nitrogen and oxygen atoms in total. The molecule has 0 bridgehead atoms. The van der Waals surface area contributed by atoms with E-state index in [-0.39, 0.29) is 11.6 Å². The molecule has 1 amide bonds. The van der Waals surface area contributed by atoms with Crippen molar-refractivity contribution in [2.24, 2.45) is 5.73 Å². The fourth-order valence-corrected chi connectivity index (χ4v) is 2.15. The maximum atomic E-state index is 12.1. The second-order valence-electron chi connectivity index (χ2n) is 4.35. The highest BCUT2D eigenvalue weighted by molar-refractivity contribution is 5.99. The highest BCUT2D eigenvalue weighted by Crippen LogP contribution is 2.34. The number of methoxy groups -OCH3 is 1. The zero-order chi connectivity index (χ0) is 14.0. The third-order valence-corrected chi connectivity index (χ3v) is 3.14. The van der Waals surface area contributed by atoms with Crippen LogP contribution in [0.25, 0.3) is 0 Å². The molecule has 102 valence electrons. The maximum absolute atomic E-state index is 12.1. The summed E-state index contributed by atoms with van der Waals surface area (Å²) in [6.07, 6.45) is 1.39. The van der Waals surface area contributed by atoms with Gasteiger partial charge in [0.1, 0.15) is 5.75 Å². The molecule has 0 aliphatic carbocycles. The summed E-state index contributed by atoms with van der Waals surface area (Å²) in [5.41, 5.74) is 6.05. The van der Waals surface area contributed by atoms with Gasteiger partial charge in [0.2, 0.25) is 5.91 Å². The highest BCUT2D eigenvalue weighted by Gasteiger charge is 2.29. The summed E-state index contributed by atoms with van der Waals surface area (Å²) in [4.78, 5) is 23.8. The lowest BCUT2D eigenvalue weighted by atomic mass is 10.0. The number of nitrogens with zero attached hydrogens (tertiary/aromatic N) is 2. The quantitative estimate of drug-likeness (QED) is 0.650. The van der Waals surface area contributed by atoms with Crippen molar-refractivity contribution < 1.29 is 14.5 Å². The average Bonchev–Trinajstić information content (AvgIpc) is 2.41. The first-order valence-electron chi connectivity index (χ1n) is 5.94. The molecular formula is C12H15N3O4. The van der Waals surface area contributed by atoms with Crippen molar-refractivity contribution in [2.45, 2.75) is 18.9 Å². The summed E-state index contributed by atoms with van der Waals surface area (Å²) >= 11 is 0. The van der Waals surface area contributed by atoms with E-state index in [1.54, 1.807) is 0 Å². The van der Waals surface area contributed by atoms with Crippen LogP contribution in [0.4, 0.5) is 11.4 Å². The number of carbonyl (C=O) groups excluding carboxylic acids is 1. The van der Waals surface area contributed by atoms with Crippen LogP contribution in [-0.4, -0.2) is 30.5 Å². The van der Waals surface area contributed by atoms with Crippen molar-refractivity contribution in [3.63, 3.8) is 0 Å². The minimum absolute atomic E-state index is 0.0808. The number of nitro groups is 1. The van der Waals surface area contributed by atoms with Crippen LogP contribution in [0.2, 0.25) is 0 Å².